The molecule has 1 aliphatic heterocycles. The van der Waals surface area contributed by atoms with Gasteiger partial charge in [-0.2, -0.15) is 0 Å². The van der Waals surface area contributed by atoms with E-state index in [-0.39, 0.29) is 23.7 Å². The molecule has 1 heterocycles. The molecule has 1 aromatic carbocycles. The van der Waals surface area contributed by atoms with Crippen LogP contribution in [0.5, 0.6) is 5.75 Å². The van der Waals surface area contributed by atoms with E-state index in [4.69, 9.17) is 4.74 Å². The molecule has 124 valence electrons. The number of likely N-dealkylation sites (tertiary alicyclic amines) is 1. The van der Waals surface area contributed by atoms with Crippen LogP contribution >= 0.6 is 0 Å². The summed E-state index contributed by atoms with van der Waals surface area (Å²) in [5.41, 5.74) is 1.08. The quantitative estimate of drug-likeness (QED) is 0.867. The van der Waals surface area contributed by atoms with Crippen LogP contribution in [-0.4, -0.2) is 43.5 Å². The van der Waals surface area contributed by atoms with Crippen LogP contribution in [-0.2, 0) is 16.0 Å². The molecule has 5 nitrogen and oxygen atoms in total. The van der Waals surface area contributed by atoms with Crippen LogP contribution in [0.1, 0.15) is 24.8 Å². The van der Waals surface area contributed by atoms with Crippen molar-refractivity contribution in [2.75, 3.05) is 26.7 Å². The zero-order chi connectivity index (χ0) is 16.2. The van der Waals surface area contributed by atoms with Crippen molar-refractivity contribution in [2.24, 2.45) is 11.8 Å². The lowest BCUT2D eigenvalue weighted by molar-refractivity contribution is -0.133. The molecule has 2 atom stereocenters. The van der Waals surface area contributed by atoms with E-state index in [2.05, 4.69) is 5.32 Å². The summed E-state index contributed by atoms with van der Waals surface area (Å²) in [5, 5.41) is 2.95. The van der Waals surface area contributed by atoms with Gasteiger partial charge in [0, 0.05) is 19.6 Å². The third-order valence-corrected chi connectivity index (χ3v) is 4.75. The van der Waals surface area contributed by atoms with Crippen LogP contribution in [0.25, 0.3) is 0 Å². The fourth-order valence-corrected chi connectivity index (χ4v) is 3.29. The molecular formula is C18H24N2O3. The molecular weight excluding hydrogens is 292 g/mol. The monoisotopic (exact) mass is 316 g/mol. The minimum Gasteiger partial charge on any atom is -0.496 e. The molecule has 23 heavy (non-hydrogen) atoms. The van der Waals surface area contributed by atoms with Crippen molar-refractivity contribution >= 4 is 11.8 Å². The molecule has 1 saturated heterocycles. The predicted octanol–water partition coefficient (Wildman–Crippen LogP) is 1.61. The Hall–Kier alpha value is -2.04. The first-order valence-corrected chi connectivity index (χ1v) is 8.39. The normalized spacial score (nSPS) is 22.7. The van der Waals surface area contributed by atoms with Gasteiger partial charge in [0.05, 0.1) is 18.9 Å². The minimum atomic E-state index is -0.124. The van der Waals surface area contributed by atoms with E-state index in [1.54, 1.807) is 7.11 Å². The Labute approximate surface area is 137 Å². The second-order valence-electron chi connectivity index (χ2n) is 6.33. The van der Waals surface area contributed by atoms with Gasteiger partial charge in [-0.3, -0.25) is 9.59 Å². The fourth-order valence-electron chi connectivity index (χ4n) is 3.29. The van der Waals surface area contributed by atoms with Crippen LogP contribution in [0.4, 0.5) is 0 Å². The largest absolute Gasteiger partial charge is 0.496 e. The Morgan fingerprint density at radius 3 is 2.70 bits per heavy atom. The van der Waals surface area contributed by atoms with Gasteiger partial charge in [0.25, 0.3) is 0 Å². The zero-order valence-corrected chi connectivity index (χ0v) is 13.6. The van der Waals surface area contributed by atoms with Gasteiger partial charge in [0.2, 0.25) is 11.8 Å². The second kappa shape index (κ2) is 7.02. The summed E-state index contributed by atoms with van der Waals surface area (Å²) < 4.78 is 5.31. The minimum absolute atomic E-state index is 0.0115. The summed E-state index contributed by atoms with van der Waals surface area (Å²) in [6, 6.07) is 7.82. The average Bonchev–Trinajstić information content (AvgIpc) is 3.19. The Bertz CT molecular complexity index is 581. The van der Waals surface area contributed by atoms with Crippen molar-refractivity contribution in [3.05, 3.63) is 29.8 Å². The third-order valence-electron chi connectivity index (χ3n) is 4.75. The molecule has 2 amide bonds. The van der Waals surface area contributed by atoms with Gasteiger partial charge >= 0.3 is 0 Å². The lowest BCUT2D eigenvalue weighted by Gasteiger charge is -2.15. The molecule has 1 aromatic rings. The van der Waals surface area contributed by atoms with E-state index >= 15 is 0 Å². The first-order chi connectivity index (χ1) is 11.2. The molecule has 0 bridgehead atoms. The highest BCUT2D eigenvalue weighted by Crippen LogP contribution is 2.40. The summed E-state index contributed by atoms with van der Waals surface area (Å²) in [7, 11) is 1.65. The number of benzene rings is 1. The van der Waals surface area contributed by atoms with E-state index in [0.717, 1.165) is 43.7 Å². The molecule has 1 saturated carbocycles. The third kappa shape index (κ3) is 3.66. The second-order valence-corrected chi connectivity index (χ2v) is 6.33. The number of hydrogen-bond acceptors (Lipinski definition) is 3. The van der Waals surface area contributed by atoms with Crippen LogP contribution < -0.4 is 10.1 Å². The van der Waals surface area contributed by atoms with Gasteiger partial charge in [0.15, 0.2) is 0 Å². The number of amides is 2. The molecule has 2 aliphatic rings. The Morgan fingerprint density at radius 2 is 1.96 bits per heavy atom. The molecule has 0 spiro atoms. The van der Waals surface area contributed by atoms with Crippen molar-refractivity contribution in [1.82, 2.24) is 10.2 Å². The number of para-hydroxylation sites is 1. The molecule has 0 aromatic heterocycles. The SMILES string of the molecule is COc1ccccc1CCNC(=O)C1CC1C(=O)N1CCCC1. The van der Waals surface area contributed by atoms with Gasteiger partial charge in [0.1, 0.15) is 5.75 Å². The summed E-state index contributed by atoms with van der Waals surface area (Å²) in [6.07, 6.45) is 3.62. The van der Waals surface area contributed by atoms with Crippen LogP contribution in [0.15, 0.2) is 24.3 Å². The number of nitrogens with zero attached hydrogens (tertiary/aromatic N) is 1. The highest BCUT2D eigenvalue weighted by atomic mass is 16.5. The smallest absolute Gasteiger partial charge is 0.226 e. The van der Waals surface area contributed by atoms with Crippen molar-refractivity contribution < 1.29 is 14.3 Å². The van der Waals surface area contributed by atoms with Crippen LogP contribution in [0, 0.1) is 11.8 Å². The molecule has 1 N–H and O–H groups in total. The zero-order valence-electron chi connectivity index (χ0n) is 13.6. The number of carbonyl (C=O) groups is 2. The summed E-state index contributed by atoms with van der Waals surface area (Å²) >= 11 is 0. The Balaban J connectivity index is 1.43. The predicted molar refractivity (Wildman–Crippen MR) is 87.1 cm³/mol. The number of methoxy groups -OCH3 is 1. The standard InChI is InChI=1S/C18H24N2O3/c1-23-16-7-3-2-6-13(16)8-9-19-17(21)14-12-15(14)18(22)20-10-4-5-11-20/h2-3,6-7,14-15H,4-5,8-12H2,1H3,(H,19,21). The van der Waals surface area contributed by atoms with Gasteiger partial charge in [-0.25, -0.2) is 0 Å². The number of hydrogen-bond donors (Lipinski definition) is 1. The van der Waals surface area contributed by atoms with Crippen molar-refractivity contribution in [2.45, 2.75) is 25.7 Å². The summed E-state index contributed by atoms with van der Waals surface area (Å²) in [6.45, 7) is 2.29. The van der Waals surface area contributed by atoms with Gasteiger partial charge in [-0.15, -0.1) is 0 Å². The molecule has 2 unspecified atom stereocenters. The highest BCUT2D eigenvalue weighted by molar-refractivity contribution is 5.92. The van der Waals surface area contributed by atoms with Crippen molar-refractivity contribution in [3.63, 3.8) is 0 Å². The number of rotatable bonds is 6. The molecule has 0 radical (unpaired) electrons. The highest BCUT2D eigenvalue weighted by Gasteiger charge is 2.49. The summed E-state index contributed by atoms with van der Waals surface area (Å²) in [4.78, 5) is 26.3. The maximum Gasteiger partial charge on any atom is 0.226 e. The maximum atomic E-state index is 12.2. The van der Waals surface area contributed by atoms with Gasteiger partial charge in [-0.1, -0.05) is 18.2 Å². The molecule has 3 rings (SSSR count). The van der Waals surface area contributed by atoms with E-state index in [0.29, 0.717) is 13.0 Å². The van der Waals surface area contributed by atoms with Crippen LogP contribution in [0.2, 0.25) is 0 Å². The lowest BCUT2D eigenvalue weighted by Crippen LogP contribution is -2.33. The first-order valence-electron chi connectivity index (χ1n) is 8.39. The Kier molecular flexibility index (Phi) is 4.84. The molecule has 5 heteroatoms. The lowest BCUT2D eigenvalue weighted by atomic mass is 10.1. The topological polar surface area (TPSA) is 58.6 Å². The van der Waals surface area contributed by atoms with Gasteiger partial charge in [-0.05, 0) is 37.3 Å². The fraction of sp³-hybridized carbons (Fsp3) is 0.556. The van der Waals surface area contributed by atoms with Crippen molar-refractivity contribution in [3.8, 4) is 5.75 Å². The molecule has 2 fully saturated rings. The number of carbonyl (C=O) groups excluding carboxylic acids is 2. The first kappa shape index (κ1) is 15.8. The van der Waals surface area contributed by atoms with E-state index in [1.807, 2.05) is 29.2 Å². The van der Waals surface area contributed by atoms with Crippen LogP contribution in [0.3, 0.4) is 0 Å². The van der Waals surface area contributed by atoms with Crippen molar-refractivity contribution in [1.29, 1.82) is 0 Å². The average molecular weight is 316 g/mol. The molecule has 1 aliphatic carbocycles. The number of nitrogens with one attached hydrogen (secondary N) is 1. The van der Waals surface area contributed by atoms with E-state index < -0.39 is 0 Å². The Morgan fingerprint density at radius 1 is 1.22 bits per heavy atom. The van der Waals surface area contributed by atoms with E-state index in [9.17, 15) is 9.59 Å². The van der Waals surface area contributed by atoms with Gasteiger partial charge < -0.3 is 15.0 Å². The summed E-state index contributed by atoms with van der Waals surface area (Å²) in [5.74, 6) is 0.820. The number of ether oxygens (including phenoxy) is 1. The van der Waals surface area contributed by atoms with E-state index in [1.165, 1.54) is 0 Å². The maximum absolute atomic E-state index is 12.2.